The van der Waals surface area contributed by atoms with Gasteiger partial charge in [-0.25, -0.2) is 0 Å². The fraction of sp³-hybridized carbons (Fsp3) is 0.333. The summed E-state index contributed by atoms with van der Waals surface area (Å²) in [6.45, 7) is 0.686. The molecular weight excluding hydrogens is 226 g/mol. The number of aliphatic hydroxyl groups is 2. The van der Waals surface area contributed by atoms with Crippen LogP contribution in [0.3, 0.4) is 0 Å². The molecule has 2 rings (SSSR count). The summed E-state index contributed by atoms with van der Waals surface area (Å²) >= 11 is 0. The van der Waals surface area contributed by atoms with E-state index in [-0.39, 0.29) is 0 Å². The first-order valence-corrected chi connectivity index (χ1v) is 6.22. The Kier molecular flexibility index (Phi) is 4.31. The van der Waals surface area contributed by atoms with Gasteiger partial charge in [0.05, 0.1) is 6.10 Å². The van der Waals surface area contributed by atoms with Crippen molar-refractivity contribution < 1.29 is 10.2 Å². The van der Waals surface area contributed by atoms with E-state index in [9.17, 15) is 10.2 Å². The molecule has 2 unspecified atom stereocenters. The summed E-state index contributed by atoms with van der Waals surface area (Å²) in [6.07, 6.45) is -1.04. The van der Waals surface area contributed by atoms with Crippen molar-refractivity contribution in [3.63, 3.8) is 0 Å². The highest BCUT2D eigenvalue weighted by Crippen LogP contribution is 2.23. The largest absolute Gasteiger partial charge is 0.390 e. The molecule has 0 aliphatic rings. The minimum atomic E-state index is -0.831. The molecule has 2 aromatic carbocycles. The maximum Gasteiger partial charge on any atom is 0.105 e. The third-order valence-electron chi connectivity index (χ3n) is 3.17. The molecule has 0 saturated carbocycles. The lowest BCUT2D eigenvalue weighted by atomic mass is 9.99. The quantitative estimate of drug-likeness (QED) is 0.753. The molecule has 2 atom stereocenters. The van der Waals surface area contributed by atoms with E-state index >= 15 is 0 Å². The number of fused-ring (bicyclic) bond motifs is 1. The number of aliphatic hydroxyl groups excluding tert-OH is 2. The monoisotopic (exact) mass is 245 g/mol. The summed E-state index contributed by atoms with van der Waals surface area (Å²) < 4.78 is 0. The second kappa shape index (κ2) is 5.96. The van der Waals surface area contributed by atoms with Gasteiger partial charge in [0.2, 0.25) is 0 Å². The van der Waals surface area contributed by atoms with Crippen LogP contribution in [0.1, 0.15) is 18.1 Å². The lowest BCUT2D eigenvalue weighted by Crippen LogP contribution is -2.23. The Morgan fingerprint density at radius 1 is 1.06 bits per heavy atom. The van der Waals surface area contributed by atoms with Crippen LogP contribution in [0.25, 0.3) is 10.8 Å². The summed E-state index contributed by atoms with van der Waals surface area (Å²) in [6, 6.07) is 13.8. The van der Waals surface area contributed by atoms with Crippen molar-refractivity contribution in [2.24, 2.45) is 0 Å². The van der Waals surface area contributed by atoms with E-state index in [1.54, 1.807) is 0 Å². The molecule has 0 heterocycles. The SMILES string of the molecule is CNCCC(O)C(O)c1ccc2ccccc2c1. The molecule has 0 amide bonds. The van der Waals surface area contributed by atoms with Crippen LogP contribution in [0, 0.1) is 0 Å². The zero-order chi connectivity index (χ0) is 13.0. The predicted octanol–water partition coefficient (Wildman–Crippen LogP) is 1.84. The fourth-order valence-corrected chi connectivity index (χ4v) is 2.06. The van der Waals surface area contributed by atoms with Gasteiger partial charge in [0.25, 0.3) is 0 Å². The van der Waals surface area contributed by atoms with Crippen molar-refractivity contribution in [2.75, 3.05) is 13.6 Å². The summed E-state index contributed by atoms with van der Waals surface area (Å²) in [4.78, 5) is 0. The van der Waals surface area contributed by atoms with Gasteiger partial charge in [0, 0.05) is 0 Å². The van der Waals surface area contributed by atoms with Crippen LogP contribution < -0.4 is 5.32 Å². The molecule has 0 aliphatic heterocycles. The van der Waals surface area contributed by atoms with Gasteiger partial charge >= 0.3 is 0 Å². The second-order valence-corrected chi connectivity index (χ2v) is 4.51. The zero-order valence-corrected chi connectivity index (χ0v) is 10.5. The van der Waals surface area contributed by atoms with E-state index in [0.29, 0.717) is 13.0 Å². The molecule has 0 bridgehead atoms. The molecule has 18 heavy (non-hydrogen) atoms. The Morgan fingerprint density at radius 2 is 1.78 bits per heavy atom. The van der Waals surface area contributed by atoms with Crippen LogP contribution in [-0.2, 0) is 0 Å². The number of rotatable bonds is 5. The molecule has 0 radical (unpaired) electrons. The number of hydrogen-bond donors (Lipinski definition) is 3. The first-order chi connectivity index (χ1) is 8.72. The maximum atomic E-state index is 10.1. The molecule has 3 N–H and O–H groups in total. The smallest absolute Gasteiger partial charge is 0.105 e. The van der Waals surface area contributed by atoms with Crippen molar-refractivity contribution in [3.05, 3.63) is 48.0 Å². The third kappa shape index (κ3) is 2.88. The van der Waals surface area contributed by atoms with Crippen molar-refractivity contribution in [1.82, 2.24) is 5.32 Å². The van der Waals surface area contributed by atoms with Gasteiger partial charge in [-0.05, 0) is 42.4 Å². The molecule has 3 nitrogen and oxygen atoms in total. The summed E-state index contributed by atoms with van der Waals surface area (Å²) in [5, 5.41) is 25.2. The summed E-state index contributed by atoms with van der Waals surface area (Å²) in [7, 11) is 1.83. The van der Waals surface area contributed by atoms with Gasteiger partial charge in [-0.2, -0.15) is 0 Å². The molecule has 0 aliphatic carbocycles. The van der Waals surface area contributed by atoms with Crippen molar-refractivity contribution in [3.8, 4) is 0 Å². The molecule has 3 heteroatoms. The Labute approximate surface area is 107 Å². The van der Waals surface area contributed by atoms with E-state index in [2.05, 4.69) is 5.32 Å². The summed E-state index contributed by atoms with van der Waals surface area (Å²) in [5.41, 5.74) is 0.761. The first-order valence-electron chi connectivity index (χ1n) is 6.22. The predicted molar refractivity (Wildman–Crippen MR) is 73.5 cm³/mol. The number of nitrogens with one attached hydrogen (secondary N) is 1. The zero-order valence-electron chi connectivity index (χ0n) is 10.5. The summed E-state index contributed by atoms with van der Waals surface area (Å²) in [5.74, 6) is 0. The van der Waals surface area contributed by atoms with Crippen LogP contribution in [0.4, 0.5) is 0 Å². The van der Waals surface area contributed by atoms with E-state index in [4.69, 9.17) is 0 Å². The minimum absolute atomic E-state index is 0.532. The highest BCUT2D eigenvalue weighted by Gasteiger charge is 2.17. The van der Waals surface area contributed by atoms with Crippen molar-refractivity contribution in [1.29, 1.82) is 0 Å². The lowest BCUT2D eigenvalue weighted by molar-refractivity contribution is 0.0141. The van der Waals surface area contributed by atoms with Crippen LogP contribution in [0.15, 0.2) is 42.5 Å². The van der Waals surface area contributed by atoms with Gasteiger partial charge in [-0.1, -0.05) is 36.4 Å². The van der Waals surface area contributed by atoms with Crippen molar-refractivity contribution >= 4 is 10.8 Å². The number of hydrogen-bond acceptors (Lipinski definition) is 3. The topological polar surface area (TPSA) is 52.5 Å². The van der Waals surface area contributed by atoms with Gasteiger partial charge in [-0.3, -0.25) is 0 Å². The van der Waals surface area contributed by atoms with E-state index in [0.717, 1.165) is 16.3 Å². The van der Waals surface area contributed by atoms with Crippen LogP contribution in [0.2, 0.25) is 0 Å². The Balaban J connectivity index is 2.19. The molecular formula is C15H19NO2. The van der Waals surface area contributed by atoms with Crippen LogP contribution >= 0.6 is 0 Å². The lowest BCUT2D eigenvalue weighted by Gasteiger charge is -2.18. The Morgan fingerprint density at radius 3 is 2.50 bits per heavy atom. The van der Waals surface area contributed by atoms with Gasteiger partial charge in [-0.15, -0.1) is 0 Å². The number of benzene rings is 2. The first kappa shape index (κ1) is 13.0. The van der Waals surface area contributed by atoms with E-state index in [1.165, 1.54) is 0 Å². The van der Waals surface area contributed by atoms with Gasteiger partial charge < -0.3 is 15.5 Å². The Bertz CT molecular complexity index is 513. The average Bonchev–Trinajstić information content (AvgIpc) is 2.43. The molecule has 0 spiro atoms. The van der Waals surface area contributed by atoms with Crippen molar-refractivity contribution in [2.45, 2.75) is 18.6 Å². The fourth-order valence-electron chi connectivity index (χ4n) is 2.06. The Hall–Kier alpha value is -1.42. The molecule has 96 valence electrons. The molecule has 0 aromatic heterocycles. The van der Waals surface area contributed by atoms with Crippen LogP contribution in [-0.4, -0.2) is 29.9 Å². The second-order valence-electron chi connectivity index (χ2n) is 4.51. The third-order valence-corrected chi connectivity index (χ3v) is 3.17. The van der Waals surface area contributed by atoms with Crippen LogP contribution in [0.5, 0.6) is 0 Å². The minimum Gasteiger partial charge on any atom is -0.390 e. The van der Waals surface area contributed by atoms with Gasteiger partial charge in [0.1, 0.15) is 6.10 Å². The van der Waals surface area contributed by atoms with E-state index in [1.807, 2.05) is 49.5 Å². The standard InChI is InChI=1S/C15H19NO2/c1-16-9-8-14(17)15(18)13-7-6-11-4-2-3-5-12(11)10-13/h2-7,10,14-18H,8-9H2,1H3. The normalized spacial score (nSPS) is 14.6. The molecule has 0 saturated heterocycles. The molecule has 0 fully saturated rings. The molecule has 2 aromatic rings. The average molecular weight is 245 g/mol. The highest BCUT2D eigenvalue weighted by atomic mass is 16.3. The van der Waals surface area contributed by atoms with Gasteiger partial charge in [0.15, 0.2) is 0 Å². The van der Waals surface area contributed by atoms with E-state index < -0.39 is 12.2 Å². The highest BCUT2D eigenvalue weighted by molar-refractivity contribution is 5.83. The maximum absolute atomic E-state index is 10.1.